The van der Waals surface area contributed by atoms with Crippen molar-refractivity contribution in [1.29, 1.82) is 0 Å². The first-order valence-corrected chi connectivity index (χ1v) is 17.9. The molecule has 2 heteroatoms. The van der Waals surface area contributed by atoms with Crippen molar-refractivity contribution in [3.8, 4) is 27.9 Å². The Labute approximate surface area is 303 Å². The van der Waals surface area contributed by atoms with Gasteiger partial charge in [0.25, 0.3) is 0 Å². The molecule has 10 rings (SSSR count). The fraction of sp³-hybridized carbons (Fsp3) is 0. The van der Waals surface area contributed by atoms with Crippen LogP contribution in [-0.4, -0.2) is 4.57 Å². The molecule has 0 aliphatic carbocycles. The summed E-state index contributed by atoms with van der Waals surface area (Å²) in [5.41, 5.74) is 11.6. The van der Waals surface area contributed by atoms with Crippen LogP contribution >= 0.6 is 0 Å². The Balaban J connectivity index is 1.23. The lowest BCUT2D eigenvalue weighted by molar-refractivity contribution is 1.17. The third-order valence-corrected chi connectivity index (χ3v) is 10.4. The first kappa shape index (κ1) is 30.0. The minimum absolute atomic E-state index is 1.09. The van der Waals surface area contributed by atoms with Crippen LogP contribution in [0.1, 0.15) is 0 Å². The van der Waals surface area contributed by atoms with Crippen LogP contribution in [0.2, 0.25) is 0 Å². The van der Waals surface area contributed by atoms with Crippen LogP contribution in [0.5, 0.6) is 0 Å². The van der Waals surface area contributed by atoms with Crippen LogP contribution in [-0.2, 0) is 0 Å². The van der Waals surface area contributed by atoms with Gasteiger partial charge >= 0.3 is 0 Å². The van der Waals surface area contributed by atoms with Crippen molar-refractivity contribution in [3.63, 3.8) is 0 Å². The van der Waals surface area contributed by atoms with Gasteiger partial charge in [-0.1, -0.05) is 158 Å². The van der Waals surface area contributed by atoms with E-state index >= 15 is 0 Å². The molecule has 0 bridgehead atoms. The first-order chi connectivity index (χ1) is 25.8. The number of nitrogens with zero attached hydrogens (tertiary/aromatic N) is 2. The molecule has 52 heavy (non-hydrogen) atoms. The second-order valence-corrected chi connectivity index (χ2v) is 13.3. The van der Waals surface area contributed by atoms with E-state index in [9.17, 15) is 0 Å². The summed E-state index contributed by atoms with van der Waals surface area (Å²) in [7, 11) is 0. The molecule has 0 radical (unpaired) electrons. The number of fused-ring (bicyclic) bond motifs is 5. The van der Waals surface area contributed by atoms with Gasteiger partial charge in [-0.3, -0.25) is 0 Å². The van der Waals surface area contributed by atoms with Crippen molar-refractivity contribution < 1.29 is 0 Å². The van der Waals surface area contributed by atoms with Gasteiger partial charge < -0.3 is 9.47 Å². The van der Waals surface area contributed by atoms with Gasteiger partial charge in [-0.15, -0.1) is 0 Å². The van der Waals surface area contributed by atoms with Gasteiger partial charge in [-0.05, 0) is 81.4 Å². The maximum Gasteiger partial charge on any atom is 0.0541 e. The zero-order chi connectivity index (χ0) is 34.4. The molecular formula is C50H34N2. The summed E-state index contributed by atoms with van der Waals surface area (Å²) in [4.78, 5) is 2.45. The molecule has 0 aliphatic heterocycles. The second-order valence-electron chi connectivity index (χ2n) is 13.3. The largest absolute Gasteiger partial charge is 0.309 e. The zero-order valence-corrected chi connectivity index (χ0v) is 28.5. The molecule has 244 valence electrons. The van der Waals surface area contributed by atoms with Gasteiger partial charge in [0.2, 0.25) is 0 Å². The van der Waals surface area contributed by atoms with E-state index in [1.54, 1.807) is 0 Å². The lowest BCUT2D eigenvalue weighted by atomic mass is 9.94. The quantitative estimate of drug-likeness (QED) is 0.172. The summed E-state index contributed by atoms with van der Waals surface area (Å²) in [6.07, 6.45) is 0. The lowest BCUT2D eigenvalue weighted by Gasteiger charge is -2.30. The van der Waals surface area contributed by atoms with Crippen molar-refractivity contribution >= 4 is 60.4 Å². The molecular weight excluding hydrogens is 629 g/mol. The fourth-order valence-electron chi connectivity index (χ4n) is 8.00. The van der Waals surface area contributed by atoms with Gasteiger partial charge in [0.1, 0.15) is 0 Å². The third kappa shape index (κ3) is 4.96. The van der Waals surface area contributed by atoms with Gasteiger partial charge in [0, 0.05) is 33.1 Å². The summed E-state index contributed by atoms with van der Waals surface area (Å²) in [5, 5.41) is 7.41. The SMILES string of the molecule is c1ccc(-c2ccccc2N(c2cccc(-n3c4ccccc4c4ccccc43)c2)c2ccc(-c3ccc4ccccc4c3)c3ccccc23)cc1. The molecule has 9 aromatic carbocycles. The molecule has 0 unspecified atom stereocenters. The first-order valence-electron chi connectivity index (χ1n) is 17.9. The summed E-state index contributed by atoms with van der Waals surface area (Å²) in [6, 6.07) is 74.8. The third-order valence-electron chi connectivity index (χ3n) is 10.4. The van der Waals surface area contributed by atoms with Crippen LogP contribution in [0, 0.1) is 0 Å². The monoisotopic (exact) mass is 662 g/mol. The van der Waals surface area contributed by atoms with E-state index in [2.05, 4.69) is 216 Å². The number of anilines is 3. The molecule has 0 atom stereocenters. The number of aromatic nitrogens is 1. The Morgan fingerprint density at radius 1 is 0.327 bits per heavy atom. The highest BCUT2D eigenvalue weighted by Crippen LogP contribution is 2.46. The van der Waals surface area contributed by atoms with Crippen molar-refractivity contribution in [1.82, 2.24) is 4.57 Å². The number of para-hydroxylation sites is 3. The summed E-state index contributed by atoms with van der Waals surface area (Å²) in [6.45, 7) is 0. The molecule has 1 aromatic heterocycles. The normalized spacial score (nSPS) is 11.5. The van der Waals surface area contributed by atoms with Gasteiger partial charge in [0.15, 0.2) is 0 Å². The van der Waals surface area contributed by atoms with Crippen molar-refractivity contribution in [2.75, 3.05) is 4.90 Å². The van der Waals surface area contributed by atoms with E-state index in [4.69, 9.17) is 0 Å². The van der Waals surface area contributed by atoms with Crippen molar-refractivity contribution in [2.45, 2.75) is 0 Å². The second kappa shape index (κ2) is 12.5. The van der Waals surface area contributed by atoms with E-state index in [0.717, 1.165) is 22.7 Å². The van der Waals surface area contributed by atoms with E-state index in [-0.39, 0.29) is 0 Å². The molecule has 0 N–H and O–H groups in total. The Morgan fingerprint density at radius 3 is 1.75 bits per heavy atom. The molecule has 0 saturated heterocycles. The topological polar surface area (TPSA) is 8.17 Å². The van der Waals surface area contributed by atoms with E-state index in [0.29, 0.717) is 0 Å². The average Bonchev–Trinajstić information content (AvgIpc) is 3.56. The number of hydrogen-bond acceptors (Lipinski definition) is 1. The average molecular weight is 663 g/mol. The summed E-state index contributed by atoms with van der Waals surface area (Å²) >= 11 is 0. The van der Waals surface area contributed by atoms with Crippen LogP contribution in [0.15, 0.2) is 206 Å². The summed E-state index contributed by atoms with van der Waals surface area (Å²) in [5.74, 6) is 0. The number of rotatable bonds is 6. The van der Waals surface area contributed by atoms with Crippen LogP contribution < -0.4 is 4.90 Å². The standard InChI is InChI=1S/C50H34N2/c1-2-16-36(17-3-1)42-21-8-11-26-47(42)51(39-19-14-20-40(34-39)52-48-27-12-9-24-45(48)46-25-10-13-28-49(46)52)50-32-31-41(43-22-6-7-23-44(43)50)38-30-29-35-15-4-5-18-37(35)33-38/h1-34H. The molecule has 0 fully saturated rings. The Kier molecular flexibility index (Phi) is 7.18. The molecule has 0 amide bonds. The van der Waals surface area contributed by atoms with Crippen LogP contribution in [0.3, 0.4) is 0 Å². The highest BCUT2D eigenvalue weighted by Gasteiger charge is 2.21. The lowest BCUT2D eigenvalue weighted by Crippen LogP contribution is -2.12. The van der Waals surface area contributed by atoms with Gasteiger partial charge in [-0.25, -0.2) is 0 Å². The van der Waals surface area contributed by atoms with Crippen LogP contribution in [0.25, 0.3) is 71.3 Å². The molecule has 0 spiro atoms. The highest BCUT2D eigenvalue weighted by atomic mass is 15.1. The number of benzene rings is 9. The Bertz CT molecular complexity index is 2860. The van der Waals surface area contributed by atoms with Crippen molar-refractivity contribution in [2.24, 2.45) is 0 Å². The minimum Gasteiger partial charge on any atom is -0.309 e. The minimum atomic E-state index is 1.09. The number of hydrogen-bond donors (Lipinski definition) is 0. The van der Waals surface area contributed by atoms with E-state index in [1.165, 1.54) is 65.6 Å². The molecule has 1 heterocycles. The van der Waals surface area contributed by atoms with Gasteiger partial charge in [0.05, 0.1) is 22.4 Å². The maximum atomic E-state index is 2.45. The van der Waals surface area contributed by atoms with Gasteiger partial charge in [-0.2, -0.15) is 0 Å². The van der Waals surface area contributed by atoms with Crippen molar-refractivity contribution in [3.05, 3.63) is 206 Å². The maximum absolute atomic E-state index is 2.45. The van der Waals surface area contributed by atoms with Crippen LogP contribution in [0.4, 0.5) is 17.1 Å². The predicted molar refractivity (Wildman–Crippen MR) is 221 cm³/mol. The molecule has 0 aliphatic rings. The highest BCUT2D eigenvalue weighted by molar-refractivity contribution is 6.10. The van der Waals surface area contributed by atoms with E-state index in [1.807, 2.05) is 0 Å². The Morgan fingerprint density at radius 2 is 0.962 bits per heavy atom. The smallest absolute Gasteiger partial charge is 0.0541 e. The summed E-state index contributed by atoms with van der Waals surface area (Å²) < 4.78 is 2.40. The molecule has 10 aromatic rings. The Hall–Kier alpha value is -6.90. The van der Waals surface area contributed by atoms with E-state index < -0.39 is 0 Å². The zero-order valence-electron chi connectivity index (χ0n) is 28.5. The molecule has 2 nitrogen and oxygen atoms in total. The molecule has 0 saturated carbocycles. The fourth-order valence-corrected chi connectivity index (χ4v) is 8.00. The predicted octanol–water partition coefficient (Wildman–Crippen LogP) is 13.9.